The summed E-state index contributed by atoms with van der Waals surface area (Å²) in [7, 11) is 0. The molecule has 0 saturated carbocycles. The fourth-order valence-electron chi connectivity index (χ4n) is 2.10. The molecule has 1 N–H and O–H groups in total. The Balaban J connectivity index is 2.54. The Labute approximate surface area is 103 Å². The number of rotatable bonds is 3. The quantitative estimate of drug-likeness (QED) is 0.832. The van der Waals surface area contributed by atoms with Crippen LogP contribution in [-0.4, -0.2) is 5.11 Å². The third kappa shape index (κ3) is 2.50. The van der Waals surface area contributed by atoms with Crippen LogP contribution < -0.4 is 0 Å². The first-order valence-corrected chi connectivity index (χ1v) is 6.15. The fourth-order valence-corrected chi connectivity index (χ4v) is 2.10. The molecule has 88 valence electrons. The average Bonchev–Trinajstić information content (AvgIpc) is 2.39. The molecule has 1 nitrogen and oxygen atoms in total. The Morgan fingerprint density at radius 1 is 0.941 bits per heavy atom. The molecule has 0 fully saturated rings. The third-order valence-corrected chi connectivity index (χ3v) is 3.12. The zero-order valence-corrected chi connectivity index (χ0v) is 10.4. The van der Waals surface area contributed by atoms with E-state index in [0.717, 1.165) is 18.4 Å². The summed E-state index contributed by atoms with van der Waals surface area (Å²) in [5, 5.41) is 9.62. The summed E-state index contributed by atoms with van der Waals surface area (Å²) in [6.07, 6.45) is 2.01. The lowest BCUT2D eigenvalue weighted by atomic mass is 9.96. The monoisotopic (exact) mass is 226 g/mol. The largest absolute Gasteiger partial charge is 0.508 e. The van der Waals surface area contributed by atoms with Crippen molar-refractivity contribution < 1.29 is 5.11 Å². The Morgan fingerprint density at radius 2 is 1.76 bits per heavy atom. The van der Waals surface area contributed by atoms with Gasteiger partial charge < -0.3 is 5.11 Å². The van der Waals surface area contributed by atoms with Crippen LogP contribution in [0.4, 0.5) is 0 Å². The molecule has 0 unspecified atom stereocenters. The van der Waals surface area contributed by atoms with Gasteiger partial charge in [0.05, 0.1) is 0 Å². The van der Waals surface area contributed by atoms with Gasteiger partial charge in [0.15, 0.2) is 0 Å². The molecule has 2 aromatic carbocycles. The van der Waals surface area contributed by atoms with Crippen molar-refractivity contribution in [1.82, 2.24) is 0 Å². The van der Waals surface area contributed by atoms with Crippen LogP contribution in [0.25, 0.3) is 11.1 Å². The maximum atomic E-state index is 9.62. The molecule has 0 aromatic heterocycles. The van der Waals surface area contributed by atoms with E-state index < -0.39 is 0 Å². The van der Waals surface area contributed by atoms with Crippen molar-refractivity contribution in [3.05, 3.63) is 53.6 Å². The van der Waals surface area contributed by atoms with Crippen LogP contribution in [0.3, 0.4) is 0 Å². The minimum atomic E-state index is 0.333. The lowest BCUT2D eigenvalue weighted by Crippen LogP contribution is -1.89. The summed E-state index contributed by atoms with van der Waals surface area (Å²) >= 11 is 0. The molecule has 0 atom stereocenters. The summed E-state index contributed by atoms with van der Waals surface area (Å²) in [4.78, 5) is 0. The van der Waals surface area contributed by atoms with Gasteiger partial charge in [-0.25, -0.2) is 0 Å². The van der Waals surface area contributed by atoms with E-state index in [1.807, 2.05) is 12.1 Å². The van der Waals surface area contributed by atoms with E-state index >= 15 is 0 Å². The van der Waals surface area contributed by atoms with Crippen molar-refractivity contribution in [1.29, 1.82) is 0 Å². The lowest BCUT2D eigenvalue weighted by Gasteiger charge is -2.10. The van der Waals surface area contributed by atoms with Crippen molar-refractivity contribution in [2.75, 3.05) is 0 Å². The molecule has 2 aromatic rings. The van der Waals surface area contributed by atoms with Gasteiger partial charge in [0, 0.05) is 0 Å². The maximum Gasteiger partial charge on any atom is 0.116 e. The number of hydrogen-bond donors (Lipinski definition) is 1. The number of phenols is 1. The second-order valence-electron chi connectivity index (χ2n) is 4.25. The van der Waals surface area contributed by atoms with Crippen LogP contribution in [-0.2, 0) is 12.8 Å². The summed E-state index contributed by atoms with van der Waals surface area (Å²) in [6.45, 7) is 4.29. The molecule has 0 aliphatic rings. The SMILES string of the molecule is CCc1cccc(-c2cc(O)ccc2CC)c1. The van der Waals surface area contributed by atoms with Crippen LogP contribution in [0.1, 0.15) is 25.0 Å². The van der Waals surface area contributed by atoms with Crippen molar-refractivity contribution in [2.24, 2.45) is 0 Å². The van der Waals surface area contributed by atoms with E-state index in [1.165, 1.54) is 16.7 Å². The van der Waals surface area contributed by atoms with Crippen LogP contribution in [0.5, 0.6) is 5.75 Å². The number of aromatic hydroxyl groups is 1. The molecule has 0 aliphatic carbocycles. The molecule has 0 saturated heterocycles. The molecule has 1 heteroatoms. The maximum absolute atomic E-state index is 9.62. The second kappa shape index (κ2) is 5.05. The van der Waals surface area contributed by atoms with Gasteiger partial charge in [-0.05, 0) is 47.2 Å². The second-order valence-corrected chi connectivity index (χ2v) is 4.25. The van der Waals surface area contributed by atoms with Gasteiger partial charge in [0.25, 0.3) is 0 Å². The molecule has 2 rings (SSSR count). The average molecular weight is 226 g/mol. The highest BCUT2D eigenvalue weighted by atomic mass is 16.3. The zero-order chi connectivity index (χ0) is 12.3. The van der Waals surface area contributed by atoms with Crippen molar-refractivity contribution in [3.63, 3.8) is 0 Å². The van der Waals surface area contributed by atoms with Gasteiger partial charge in [-0.1, -0.05) is 44.2 Å². The van der Waals surface area contributed by atoms with E-state index in [9.17, 15) is 5.11 Å². The van der Waals surface area contributed by atoms with E-state index in [0.29, 0.717) is 5.75 Å². The number of aryl methyl sites for hydroxylation is 2. The summed E-state index contributed by atoms with van der Waals surface area (Å²) in [6, 6.07) is 14.1. The predicted molar refractivity (Wildman–Crippen MR) is 72.3 cm³/mol. The van der Waals surface area contributed by atoms with Crippen molar-refractivity contribution in [3.8, 4) is 16.9 Å². The van der Waals surface area contributed by atoms with Crippen LogP contribution in [0, 0.1) is 0 Å². The number of benzene rings is 2. The molecule has 0 spiro atoms. The molecule has 0 amide bonds. The van der Waals surface area contributed by atoms with Crippen LogP contribution >= 0.6 is 0 Å². The van der Waals surface area contributed by atoms with Gasteiger partial charge in [0.2, 0.25) is 0 Å². The number of hydrogen-bond acceptors (Lipinski definition) is 1. The van der Waals surface area contributed by atoms with Gasteiger partial charge in [-0.15, -0.1) is 0 Å². The molecule has 0 radical (unpaired) electrons. The standard InChI is InChI=1S/C16H18O/c1-3-12-6-5-7-14(10-12)16-11-15(17)9-8-13(16)4-2/h5-11,17H,3-4H2,1-2H3. The van der Waals surface area contributed by atoms with E-state index in [1.54, 1.807) is 6.07 Å². The molecular weight excluding hydrogens is 208 g/mol. The summed E-state index contributed by atoms with van der Waals surface area (Å²) in [5.74, 6) is 0.333. The highest BCUT2D eigenvalue weighted by Crippen LogP contribution is 2.28. The van der Waals surface area contributed by atoms with E-state index in [-0.39, 0.29) is 0 Å². The van der Waals surface area contributed by atoms with Gasteiger partial charge >= 0.3 is 0 Å². The first-order chi connectivity index (χ1) is 8.24. The molecule has 0 bridgehead atoms. The summed E-state index contributed by atoms with van der Waals surface area (Å²) in [5.41, 5.74) is 4.93. The van der Waals surface area contributed by atoms with Gasteiger partial charge in [-0.2, -0.15) is 0 Å². The Kier molecular flexibility index (Phi) is 3.48. The molecule has 0 heterocycles. The van der Waals surface area contributed by atoms with Crippen molar-refractivity contribution >= 4 is 0 Å². The normalized spacial score (nSPS) is 10.5. The predicted octanol–water partition coefficient (Wildman–Crippen LogP) is 4.18. The van der Waals surface area contributed by atoms with Gasteiger partial charge in [-0.3, -0.25) is 0 Å². The zero-order valence-electron chi connectivity index (χ0n) is 10.4. The molecular formula is C16H18O. The van der Waals surface area contributed by atoms with E-state index in [4.69, 9.17) is 0 Å². The third-order valence-electron chi connectivity index (χ3n) is 3.12. The van der Waals surface area contributed by atoms with Crippen LogP contribution in [0.2, 0.25) is 0 Å². The Hall–Kier alpha value is -1.76. The lowest BCUT2D eigenvalue weighted by molar-refractivity contribution is 0.475. The highest BCUT2D eigenvalue weighted by Gasteiger charge is 2.05. The van der Waals surface area contributed by atoms with Crippen LogP contribution in [0.15, 0.2) is 42.5 Å². The topological polar surface area (TPSA) is 20.2 Å². The first-order valence-electron chi connectivity index (χ1n) is 6.15. The minimum Gasteiger partial charge on any atom is -0.508 e. The fraction of sp³-hybridized carbons (Fsp3) is 0.250. The summed E-state index contributed by atoms with van der Waals surface area (Å²) < 4.78 is 0. The number of phenolic OH excluding ortho intramolecular Hbond substituents is 1. The first kappa shape index (κ1) is 11.7. The van der Waals surface area contributed by atoms with Crippen molar-refractivity contribution in [2.45, 2.75) is 26.7 Å². The Bertz CT molecular complexity index is 515. The highest BCUT2D eigenvalue weighted by molar-refractivity contribution is 5.69. The smallest absolute Gasteiger partial charge is 0.116 e. The minimum absolute atomic E-state index is 0.333. The molecule has 17 heavy (non-hydrogen) atoms. The van der Waals surface area contributed by atoms with E-state index in [2.05, 4.69) is 38.1 Å². The van der Waals surface area contributed by atoms with Gasteiger partial charge in [0.1, 0.15) is 5.75 Å². The Morgan fingerprint density at radius 3 is 2.47 bits per heavy atom. The molecule has 0 aliphatic heterocycles.